The quantitative estimate of drug-likeness (QED) is 0.312. The molecule has 0 aliphatic rings. The van der Waals surface area contributed by atoms with E-state index < -0.39 is 18.8 Å². The molecule has 110 valence electrons. The normalized spacial score (nSPS) is 14.6. The SMILES string of the molecule is Nc1nc2c(CNC[C@H](O)[C@H](O)CO)c[nH]c2c(=O)[nH]1. The van der Waals surface area contributed by atoms with Crippen LogP contribution in [0.4, 0.5) is 5.95 Å². The van der Waals surface area contributed by atoms with Crippen molar-refractivity contribution in [1.82, 2.24) is 20.3 Å². The Balaban J connectivity index is 2.06. The highest BCUT2D eigenvalue weighted by Gasteiger charge is 2.15. The van der Waals surface area contributed by atoms with Gasteiger partial charge in [0.05, 0.1) is 12.7 Å². The smallest absolute Gasteiger partial charge is 0.276 e. The van der Waals surface area contributed by atoms with Crippen LogP contribution in [0.3, 0.4) is 0 Å². The Labute approximate surface area is 113 Å². The average molecular weight is 283 g/mol. The van der Waals surface area contributed by atoms with Crippen molar-refractivity contribution >= 4 is 17.0 Å². The zero-order valence-electron chi connectivity index (χ0n) is 10.6. The monoisotopic (exact) mass is 283 g/mol. The first kappa shape index (κ1) is 14.5. The predicted octanol–water partition coefficient (Wildman–Crippen LogP) is -2.36. The highest BCUT2D eigenvalue weighted by Crippen LogP contribution is 2.12. The van der Waals surface area contributed by atoms with Crippen LogP contribution in [0.15, 0.2) is 11.0 Å². The maximum Gasteiger partial charge on any atom is 0.276 e. The van der Waals surface area contributed by atoms with Crippen LogP contribution in [0.1, 0.15) is 5.56 Å². The van der Waals surface area contributed by atoms with Crippen molar-refractivity contribution in [3.8, 4) is 0 Å². The lowest BCUT2D eigenvalue weighted by Gasteiger charge is -2.15. The largest absolute Gasteiger partial charge is 0.394 e. The van der Waals surface area contributed by atoms with E-state index in [0.717, 1.165) is 0 Å². The summed E-state index contributed by atoms with van der Waals surface area (Å²) in [4.78, 5) is 20.8. The number of aliphatic hydroxyl groups is 3. The fourth-order valence-electron chi connectivity index (χ4n) is 1.83. The number of anilines is 1. The summed E-state index contributed by atoms with van der Waals surface area (Å²) in [5.74, 6) is 0.0269. The number of fused-ring (bicyclic) bond motifs is 1. The molecular weight excluding hydrogens is 266 g/mol. The highest BCUT2D eigenvalue weighted by molar-refractivity contribution is 5.78. The molecule has 0 unspecified atom stereocenters. The van der Waals surface area contributed by atoms with Gasteiger partial charge in [0, 0.05) is 24.8 Å². The molecule has 0 saturated carbocycles. The molecule has 20 heavy (non-hydrogen) atoms. The maximum absolute atomic E-state index is 11.6. The van der Waals surface area contributed by atoms with E-state index in [1.54, 1.807) is 6.20 Å². The van der Waals surface area contributed by atoms with Crippen molar-refractivity contribution in [2.75, 3.05) is 18.9 Å². The molecule has 9 nitrogen and oxygen atoms in total. The molecule has 2 aromatic heterocycles. The average Bonchev–Trinajstić information content (AvgIpc) is 2.81. The summed E-state index contributed by atoms with van der Waals surface area (Å²) >= 11 is 0. The van der Waals surface area contributed by atoms with Crippen molar-refractivity contribution < 1.29 is 15.3 Å². The second kappa shape index (κ2) is 6.01. The molecule has 2 rings (SSSR count). The lowest BCUT2D eigenvalue weighted by molar-refractivity contribution is -0.0129. The molecule has 0 saturated heterocycles. The minimum absolute atomic E-state index is 0.0269. The molecule has 0 fully saturated rings. The Bertz CT molecular complexity index is 637. The number of H-pyrrole nitrogens is 2. The van der Waals surface area contributed by atoms with Gasteiger partial charge in [0.25, 0.3) is 5.56 Å². The summed E-state index contributed by atoms with van der Waals surface area (Å²) in [5, 5.41) is 30.3. The van der Waals surface area contributed by atoms with Crippen LogP contribution in [0.25, 0.3) is 11.0 Å². The summed E-state index contributed by atoms with van der Waals surface area (Å²) in [6, 6.07) is 0. The third-order valence-electron chi connectivity index (χ3n) is 2.93. The van der Waals surface area contributed by atoms with Crippen molar-refractivity contribution in [3.63, 3.8) is 0 Å². The van der Waals surface area contributed by atoms with E-state index in [0.29, 0.717) is 23.1 Å². The Morgan fingerprint density at radius 1 is 1.40 bits per heavy atom. The third-order valence-corrected chi connectivity index (χ3v) is 2.93. The third kappa shape index (κ3) is 2.96. The molecular formula is C11H17N5O4. The number of hydrogen-bond donors (Lipinski definition) is 7. The number of rotatable bonds is 6. The van der Waals surface area contributed by atoms with Gasteiger partial charge in [-0.15, -0.1) is 0 Å². The Hall–Kier alpha value is -1.94. The molecule has 0 aliphatic heterocycles. The zero-order chi connectivity index (χ0) is 14.7. The Morgan fingerprint density at radius 2 is 2.15 bits per heavy atom. The Kier molecular flexibility index (Phi) is 4.35. The molecule has 0 aliphatic carbocycles. The summed E-state index contributed by atoms with van der Waals surface area (Å²) in [5.41, 5.74) is 6.63. The molecule has 0 aromatic carbocycles. The van der Waals surface area contributed by atoms with Crippen LogP contribution < -0.4 is 16.6 Å². The van der Waals surface area contributed by atoms with Gasteiger partial charge >= 0.3 is 0 Å². The van der Waals surface area contributed by atoms with Crippen molar-refractivity contribution in [2.45, 2.75) is 18.8 Å². The molecule has 2 aromatic rings. The number of aliphatic hydroxyl groups excluding tert-OH is 3. The van der Waals surface area contributed by atoms with Crippen LogP contribution in [0, 0.1) is 0 Å². The van der Waals surface area contributed by atoms with E-state index in [1.807, 2.05) is 0 Å². The second-order valence-corrected chi connectivity index (χ2v) is 4.44. The van der Waals surface area contributed by atoms with Gasteiger partial charge in [0.1, 0.15) is 17.1 Å². The second-order valence-electron chi connectivity index (χ2n) is 4.44. The summed E-state index contributed by atoms with van der Waals surface area (Å²) in [6.45, 7) is -0.0957. The van der Waals surface area contributed by atoms with Gasteiger partial charge in [0.2, 0.25) is 5.95 Å². The van der Waals surface area contributed by atoms with Crippen LogP contribution in [0.5, 0.6) is 0 Å². The number of nitrogens with one attached hydrogen (secondary N) is 3. The maximum atomic E-state index is 11.6. The van der Waals surface area contributed by atoms with Crippen LogP contribution >= 0.6 is 0 Å². The highest BCUT2D eigenvalue weighted by atomic mass is 16.4. The van der Waals surface area contributed by atoms with E-state index >= 15 is 0 Å². The summed E-state index contributed by atoms with van der Waals surface area (Å²) < 4.78 is 0. The topological polar surface area (TPSA) is 160 Å². The molecule has 2 atom stereocenters. The van der Waals surface area contributed by atoms with Gasteiger partial charge < -0.3 is 31.4 Å². The molecule has 2 heterocycles. The number of nitrogens with zero attached hydrogens (tertiary/aromatic N) is 1. The molecule has 0 spiro atoms. The minimum Gasteiger partial charge on any atom is -0.394 e. The van der Waals surface area contributed by atoms with E-state index in [-0.39, 0.29) is 18.1 Å². The van der Waals surface area contributed by atoms with Crippen molar-refractivity contribution in [3.05, 3.63) is 22.1 Å². The minimum atomic E-state index is -1.19. The molecule has 0 amide bonds. The van der Waals surface area contributed by atoms with Crippen LogP contribution in [-0.2, 0) is 6.54 Å². The summed E-state index contributed by atoms with van der Waals surface area (Å²) in [6.07, 6.45) is -0.650. The van der Waals surface area contributed by atoms with Gasteiger partial charge in [-0.05, 0) is 0 Å². The van der Waals surface area contributed by atoms with Crippen LogP contribution in [-0.4, -0.2) is 55.6 Å². The number of aromatic amines is 2. The van der Waals surface area contributed by atoms with Gasteiger partial charge in [-0.2, -0.15) is 0 Å². The molecule has 9 heteroatoms. The first-order chi connectivity index (χ1) is 9.52. The summed E-state index contributed by atoms with van der Waals surface area (Å²) in [7, 11) is 0. The van der Waals surface area contributed by atoms with Crippen molar-refractivity contribution in [1.29, 1.82) is 0 Å². The number of aromatic nitrogens is 3. The van der Waals surface area contributed by atoms with Gasteiger partial charge in [-0.1, -0.05) is 0 Å². The first-order valence-corrected chi connectivity index (χ1v) is 6.06. The molecule has 0 radical (unpaired) electrons. The molecule has 8 N–H and O–H groups in total. The lowest BCUT2D eigenvalue weighted by Crippen LogP contribution is -2.38. The fourth-order valence-corrected chi connectivity index (χ4v) is 1.83. The first-order valence-electron chi connectivity index (χ1n) is 6.06. The number of nitrogens with two attached hydrogens (primary N) is 1. The van der Waals surface area contributed by atoms with Crippen LogP contribution in [0.2, 0.25) is 0 Å². The van der Waals surface area contributed by atoms with E-state index in [1.165, 1.54) is 0 Å². The standard InChI is InChI=1S/C11H17N5O4/c12-11-15-8-5(2-14-9(8)10(20)16-11)1-13-3-6(18)7(19)4-17/h2,6-7,13-14,17-19H,1,3-4H2,(H3,12,15,16,20)/t6-,7+/m0/s1. The fraction of sp³-hybridized carbons (Fsp3) is 0.455. The lowest BCUT2D eigenvalue weighted by atomic mass is 10.2. The van der Waals surface area contributed by atoms with E-state index in [4.69, 9.17) is 10.8 Å². The van der Waals surface area contributed by atoms with Gasteiger partial charge in [0.15, 0.2) is 0 Å². The Morgan fingerprint density at radius 3 is 2.85 bits per heavy atom. The van der Waals surface area contributed by atoms with Gasteiger partial charge in [-0.3, -0.25) is 9.78 Å². The number of hydrogen-bond acceptors (Lipinski definition) is 7. The molecule has 0 bridgehead atoms. The van der Waals surface area contributed by atoms with E-state index in [9.17, 15) is 15.0 Å². The van der Waals surface area contributed by atoms with Crippen molar-refractivity contribution in [2.24, 2.45) is 0 Å². The van der Waals surface area contributed by atoms with Gasteiger partial charge in [-0.25, -0.2) is 4.98 Å². The predicted molar refractivity (Wildman–Crippen MR) is 71.9 cm³/mol. The number of nitrogen functional groups attached to an aromatic ring is 1. The zero-order valence-corrected chi connectivity index (χ0v) is 10.6. The van der Waals surface area contributed by atoms with E-state index in [2.05, 4.69) is 20.3 Å².